The van der Waals surface area contributed by atoms with Gasteiger partial charge in [-0.2, -0.15) is 0 Å². The summed E-state index contributed by atoms with van der Waals surface area (Å²) >= 11 is 19.3. The van der Waals surface area contributed by atoms with Gasteiger partial charge in [-0.25, -0.2) is 4.39 Å². The zero-order valence-electron chi connectivity index (χ0n) is 16.9. The summed E-state index contributed by atoms with van der Waals surface area (Å²) in [6.45, 7) is -0.0303. The lowest BCUT2D eigenvalue weighted by atomic mass is 10.1. The van der Waals surface area contributed by atoms with E-state index < -0.39 is 17.0 Å². The quantitative estimate of drug-likeness (QED) is 0.313. The van der Waals surface area contributed by atoms with Crippen molar-refractivity contribution in [2.24, 2.45) is 0 Å². The zero-order chi connectivity index (χ0) is 23.5. The molecule has 0 aliphatic carbocycles. The van der Waals surface area contributed by atoms with Crippen LogP contribution in [0.2, 0.25) is 15.1 Å². The van der Waals surface area contributed by atoms with Crippen LogP contribution >= 0.6 is 46.6 Å². The molecule has 0 N–H and O–H groups in total. The molecule has 1 heterocycles. The maximum Gasteiger partial charge on any atom is 0.293 e. The Morgan fingerprint density at radius 2 is 1.73 bits per heavy atom. The highest BCUT2D eigenvalue weighted by Gasteiger charge is 2.36. The van der Waals surface area contributed by atoms with Crippen molar-refractivity contribution >= 4 is 63.8 Å². The summed E-state index contributed by atoms with van der Waals surface area (Å²) in [5, 5.41) is 0.208. The molecule has 1 aliphatic heterocycles. The van der Waals surface area contributed by atoms with Crippen molar-refractivity contribution in [3.05, 3.63) is 103 Å². The first-order valence-electron chi connectivity index (χ1n) is 9.67. The van der Waals surface area contributed by atoms with Gasteiger partial charge in [-0.3, -0.25) is 14.5 Å². The van der Waals surface area contributed by atoms with Crippen LogP contribution in [0.5, 0.6) is 5.75 Å². The Morgan fingerprint density at radius 1 is 0.970 bits per heavy atom. The summed E-state index contributed by atoms with van der Waals surface area (Å²) in [5.74, 6) is -0.841. The molecule has 3 aromatic rings. The van der Waals surface area contributed by atoms with Crippen LogP contribution in [0.1, 0.15) is 16.7 Å². The van der Waals surface area contributed by atoms with Crippen LogP contribution in [0.15, 0.2) is 65.6 Å². The predicted octanol–water partition coefficient (Wildman–Crippen LogP) is 7.60. The molecule has 0 aromatic heterocycles. The van der Waals surface area contributed by atoms with Crippen molar-refractivity contribution in [1.29, 1.82) is 0 Å². The Morgan fingerprint density at radius 3 is 2.45 bits per heavy atom. The van der Waals surface area contributed by atoms with Crippen LogP contribution in [0.25, 0.3) is 6.08 Å². The van der Waals surface area contributed by atoms with Crippen LogP contribution in [0.4, 0.5) is 9.18 Å². The highest BCUT2D eigenvalue weighted by molar-refractivity contribution is 8.18. The average molecular weight is 523 g/mol. The first kappa shape index (κ1) is 23.6. The van der Waals surface area contributed by atoms with Crippen molar-refractivity contribution in [3.63, 3.8) is 0 Å². The van der Waals surface area contributed by atoms with E-state index in [0.29, 0.717) is 16.3 Å². The molecule has 0 radical (unpaired) electrons. The Balaban J connectivity index is 1.62. The molecule has 0 saturated carbocycles. The van der Waals surface area contributed by atoms with Gasteiger partial charge >= 0.3 is 0 Å². The number of halogens is 4. The minimum atomic E-state index is -0.594. The fraction of sp³-hybridized carbons (Fsp3) is 0.0833. The number of rotatable bonds is 6. The van der Waals surface area contributed by atoms with E-state index >= 15 is 0 Å². The predicted molar refractivity (Wildman–Crippen MR) is 130 cm³/mol. The summed E-state index contributed by atoms with van der Waals surface area (Å²) in [6.07, 6.45) is 1.49. The lowest BCUT2D eigenvalue weighted by Crippen LogP contribution is -2.28. The smallest absolute Gasteiger partial charge is 0.293 e. The summed E-state index contributed by atoms with van der Waals surface area (Å²) in [4.78, 5) is 26.5. The minimum Gasteiger partial charge on any atom is -0.487 e. The van der Waals surface area contributed by atoms with Crippen LogP contribution in [-0.4, -0.2) is 16.0 Å². The average Bonchev–Trinajstić information content (AvgIpc) is 3.03. The van der Waals surface area contributed by atoms with E-state index in [2.05, 4.69) is 0 Å². The number of amides is 2. The molecule has 4 rings (SSSR count). The van der Waals surface area contributed by atoms with E-state index in [-0.39, 0.29) is 33.7 Å². The molecule has 4 nitrogen and oxygen atoms in total. The van der Waals surface area contributed by atoms with E-state index in [9.17, 15) is 14.0 Å². The van der Waals surface area contributed by atoms with Gasteiger partial charge in [-0.15, -0.1) is 0 Å². The van der Waals surface area contributed by atoms with Gasteiger partial charge in [0, 0.05) is 21.2 Å². The molecule has 9 heteroatoms. The largest absolute Gasteiger partial charge is 0.487 e. The van der Waals surface area contributed by atoms with Gasteiger partial charge in [0.05, 0.1) is 16.5 Å². The molecular weight excluding hydrogens is 508 g/mol. The number of hydrogen-bond acceptors (Lipinski definition) is 4. The van der Waals surface area contributed by atoms with E-state index in [1.807, 2.05) is 30.3 Å². The number of ether oxygens (including phenoxy) is 1. The van der Waals surface area contributed by atoms with E-state index in [4.69, 9.17) is 39.5 Å². The molecule has 0 spiro atoms. The second-order valence-electron chi connectivity index (χ2n) is 7.05. The van der Waals surface area contributed by atoms with E-state index in [1.54, 1.807) is 6.07 Å². The Hall–Kier alpha value is -2.51. The van der Waals surface area contributed by atoms with E-state index in [1.165, 1.54) is 30.3 Å². The molecule has 1 saturated heterocycles. The van der Waals surface area contributed by atoms with Crippen molar-refractivity contribution in [2.75, 3.05) is 0 Å². The second-order valence-corrected chi connectivity index (χ2v) is 9.29. The summed E-state index contributed by atoms with van der Waals surface area (Å²) < 4.78 is 20.1. The Labute approximate surface area is 208 Å². The van der Waals surface area contributed by atoms with Gasteiger partial charge in [-0.05, 0) is 47.7 Å². The maximum absolute atomic E-state index is 14.2. The first-order valence-corrected chi connectivity index (χ1v) is 11.6. The molecule has 1 aliphatic rings. The van der Waals surface area contributed by atoms with Crippen LogP contribution in [0, 0.1) is 5.82 Å². The monoisotopic (exact) mass is 521 g/mol. The molecule has 1 fully saturated rings. The summed E-state index contributed by atoms with van der Waals surface area (Å²) in [6, 6.07) is 16.8. The van der Waals surface area contributed by atoms with Gasteiger partial charge in [0.1, 0.15) is 18.2 Å². The third-order valence-electron chi connectivity index (χ3n) is 4.80. The fourth-order valence-corrected chi connectivity index (χ4v) is 4.80. The van der Waals surface area contributed by atoms with E-state index in [0.717, 1.165) is 22.2 Å². The minimum absolute atomic E-state index is 0.0698. The first-order chi connectivity index (χ1) is 15.8. The Kier molecular flexibility index (Phi) is 7.29. The van der Waals surface area contributed by atoms with Crippen molar-refractivity contribution in [3.8, 4) is 5.75 Å². The lowest BCUT2D eigenvalue weighted by Gasteiger charge is -2.14. The SMILES string of the molecule is O=C1S/C(=C\c2cc(Cl)cc(Cl)c2OCc2ccccc2)C(=O)N1Cc1c(F)cccc1Cl. The third kappa shape index (κ3) is 5.36. The third-order valence-corrected chi connectivity index (χ3v) is 6.56. The number of thioether (sulfide) groups is 1. The van der Waals surface area contributed by atoms with Gasteiger partial charge in [0.15, 0.2) is 0 Å². The molecule has 168 valence electrons. The van der Waals surface area contributed by atoms with Crippen molar-refractivity contribution in [1.82, 2.24) is 4.90 Å². The molecule has 0 unspecified atom stereocenters. The van der Waals surface area contributed by atoms with Crippen LogP contribution in [-0.2, 0) is 17.9 Å². The molecule has 2 amide bonds. The van der Waals surface area contributed by atoms with Crippen molar-refractivity contribution in [2.45, 2.75) is 13.2 Å². The van der Waals surface area contributed by atoms with Crippen LogP contribution < -0.4 is 4.74 Å². The van der Waals surface area contributed by atoms with Gasteiger partial charge in [-0.1, -0.05) is 71.2 Å². The number of hydrogen-bond donors (Lipinski definition) is 0. The highest BCUT2D eigenvalue weighted by atomic mass is 35.5. The lowest BCUT2D eigenvalue weighted by molar-refractivity contribution is -0.123. The Bertz CT molecular complexity index is 1250. The highest BCUT2D eigenvalue weighted by Crippen LogP contribution is 2.39. The standard InChI is InChI=1S/C24H15Cl3FNO3S/c25-16-9-15(22(19(27)11-16)32-13-14-5-2-1-3-6-14)10-21-23(30)29(24(31)33-21)12-17-18(26)7-4-8-20(17)28/h1-11H,12-13H2/b21-10-. The normalized spacial score (nSPS) is 14.9. The van der Waals surface area contributed by atoms with Crippen LogP contribution in [0.3, 0.4) is 0 Å². The fourth-order valence-electron chi connectivity index (χ4n) is 3.19. The molecule has 3 aromatic carbocycles. The van der Waals surface area contributed by atoms with Gasteiger partial charge in [0.2, 0.25) is 0 Å². The topological polar surface area (TPSA) is 46.6 Å². The summed E-state index contributed by atoms with van der Waals surface area (Å²) in [7, 11) is 0. The molecule has 0 bridgehead atoms. The van der Waals surface area contributed by atoms with Gasteiger partial charge < -0.3 is 4.74 Å². The number of imide groups is 1. The van der Waals surface area contributed by atoms with Gasteiger partial charge in [0.25, 0.3) is 11.1 Å². The number of carbonyl (C=O) groups is 2. The maximum atomic E-state index is 14.2. The molecular formula is C24H15Cl3FNO3S. The zero-order valence-corrected chi connectivity index (χ0v) is 19.9. The summed E-state index contributed by atoms with van der Waals surface area (Å²) in [5.41, 5.74) is 1.44. The molecule has 33 heavy (non-hydrogen) atoms. The number of carbonyl (C=O) groups excluding carboxylic acids is 2. The number of benzene rings is 3. The van der Waals surface area contributed by atoms with Crippen molar-refractivity contribution < 1.29 is 18.7 Å². The second kappa shape index (κ2) is 10.2. The molecule has 0 atom stereocenters. The number of nitrogens with zero attached hydrogens (tertiary/aromatic N) is 1.